The average molecular weight is 260 g/mol. The number of nitrogens with zero attached hydrogens (tertiary/aromatic N) is 1. The summed E-state index contributed by atoms with van der Waals surface area (Å²) in [5.74, 6) is -0.303. The third-order valence-electron chi connectivity index (χ3n) is 2.21. The van der Waals surface area contributed by atoms with E-state index in [1.165, 1.54) is 0 Å². The fourth-order valence-electron chi connectivity index (χ4n) is 1.58. The highest BCUT2D eigenvalue weighted by molar-refractivity contribution is 5.75. The number of hydrogen-bond acceptors (Lipinski definition) is 5. The molecule has 5 heteroatoms. The maximum Gasteiger partial charge on any atom is 0.323 e. The molecule has 0 aliphatic rings. The van der Waals surface area contributed by atoms with Gasteiger partial charge in [0.05, 0.1) is 5.60 Å². The molecule has 0 aromatic carbocycles. The lowest BCUT2D eigenvalue weighted by Crippen LogP contribution is -2.50. The summed E-state index contributed by atoms with van der Waals surface area (Å²) in [6, 6.07) is -0.433. The van der Waals surface area contributed by atoms with E-state index in [-0.39, 0.29) is 5.97 Å². The van der Waals surface area contributed by atoms with Crippen molar-refractivity contribution in [3.8, 4) is 0 Å². The maximum atomic E-state index is 11.7. The molecule has 0 amide bonds. The quantitative estimate of drug-likeness (QED) is 0.686. The van der Waals surface area contributed by atoms with E-state index in [1.807, 2.05) is 39.8 Å². The number of likely N-dealkylation sites (N-methyl/N-ethyl adjacent to an activating group) is 1. The molecule has 0 fully saturated rings. The molecule has 0 saturated heterocycles. The minimum atomic E-state index is -0.875. The van der Waals surface area contributed by atoms with Crippen molar-refractivity contribution < 1.29 is 14.6 Å². The highest BCUT2D eigenvalue weighted by Crippen LogP contribution is 2.09. The minimum absolute atomic E-state index is 0.303. The van der Waals surface area contributed by atoms with E-state index in [9.17, 15) is 9.90 Å². The second-order valence-corrected chi connectivity index (χ2v) is 6.37. The topological polar surface area (TPSA) is 61.8 Å². The van der Waals surface area contributed by atoms with Crippen molar-refractivity contribution in [3.05, 3.63) is 0 Å². The van der Waals surface area contributed by atoms with Crippen LogP contribution >= 0.6 is 0 Å². The van der Waals surface area contributed by atoms with Crippen LogP contribution in [0.1, 0.15) is 34.6 Å². The first-order chi connectivity index (χ1) is 7.93. The van der Waals surface area contributed by atoms with Crippen LogP contribution in [-0.2, 0) is 9.53 Å². The average Bonchev–Trinajstić information content (AvgIpc) is 2.09. The molecule has 0 saturated carbocycles. The summed E-state index contributed by atoms with van der Waals surface area (Å²) in [5.41, 5.74) is -1.36. The molecule has 2 N–H and O–H groups in total. The Morgan fingerprint density at radius 3 is 2.22 bits per heavy atom. The predicted molar refractivity (Wildman–Crippen MR) is 72.5 cm³/mol. The van der Waals surface area contributed by atoms with Crippen molar-refractivity contribution in [2.24, 2.45) is 0 Å². The first-order valence-electron chi connectivity index (χ1n) is 6.26. The largest absolute Gasteiger partial charge is 0.459 e. The minimum Gasteiger partial charge on any atom is -0.459 e. The van der Waals surface area contributed by atoms with Gasteiger partial charge in [0, 0.05) is 13.1 Å². The zero-order valence-corrected chi connectivity index (χ0v) is 12.7. The van der Waals surface area contributed by atoms with Gasteiger partial charge in [-0.15, -0.1) is 0 Å². The SMILES string of the molecule is CC(NCC(C)(O)CN(C)C)C(=O)OC(C)(C)C. The van der Waals surface area contributed by atoms with Gasteiger partial charge in [0.25, 0.3) is 0 Å². The van der Waals surface area contributed by atoms with Crippen LogP contribution in [0.4, 0.5) is 0 Å². The highest BCUT2D eigenvalue weighted by atomic mass is 16.6. The van der Waals surface area contributed by atoms with Gasteiger partial charge in [0.2, 0.25) is 0 Å². The summed E-state index contributed by atoms with van der Waals surface area (Å²) in [6.45, 7) is 9.84. The standard InChI is InChI=1S/C13H28N2O3/c1-10(11(16)18-12(2,3)4)14-8-13(5,17)9-15(6)7/h10,14,17H,8-9H2,1-7H3. The van der Waals surface area contributed by atoms with Crippen LogP contribution in [0.15, 0.2) is 0 Å². The van der Waals surface area contributed by atoms with Crippen LogP contribution in [0.5, 0.6) is 0 Å². The second-order valence-electron chi connectivity index (χ2n) is 6.37. The molecular formula is C13H28N2O3. The summed E-state index contributed by atoms with van der Waals surface area (Å²) in [5, 5.41) is 13.1. The van der Waals surface area contributed by atoms with Crippen LogP contribution in [-0.4, -0.2) is 60.4 Å². The Kier molecular flexibility index (Phi) is 6.26. The van der Waals surface area contributed by atoms with Crippen molar-refractivity contribution in [2.45, 2.75) is 51.9 Å². The Labute approximate surface area is 110 Å². The molecule has 0 radical (unpaired) electrons. The molecule has 18 heavy (non-hydrogen) atoms. The normalized spacial score (nSPS) is 17.4. The van der Waals surface area contributed by atoms with Gasteiger partial charge in [-0.3, -0.25) is 4.79 Å². The summed E-state index contributed by atoms with van der Waals surface area (Å²) < 4.78 is 5.25. The predicted octanol–water partition coefficient (Wildman–Crippen LogP) is 0.619. The maximum absolute atomic E-state index is 11.7. The van der Waals surface area contributed by atoms with Crippen LogP contribution in [0, 0.1) is 0 Å². The molecule has 0 aromatic heterocycles. The summed E-state index contributed by atoms with van der Waals surface area (Å²) >= 11 is 0. The molecule has 0 rings (SSSR count). The van der Waals surface area contributed by atoms with E-state index in [0.29, 0.717) is 13.1 Å². The zero-order chi connectivity index (χ0) is 14.6. The Bertz CT molecular complexity index is 270. The van der Waals surface area contributed by atoms with Gasteiger partial charge in [0.1, 0.15) is 11.6 Å². The smallest absolute Gasteiger partial charge is 0.323 e. The summed E-state index contributed by atoms with van der Waals surface area (Å²) in [4.78, 5) is 13.6. The lowest BCUT2D eigenvalue weighted by atomic mass is 10.1. The number of carbonyl (C=O) groups excluding carboxylic acids is 1. The van der Waals surface area contributed by atoms with E-state index in [2.05, 4.69) is 5.32 Å². The molecule has 108 valence electrons. The molecule has 0 bridgehead atoms. The van der Waals surface area contributed by atoms with Gasteiger partial charge in [-0.1, -0.05) is 0 Å². The van der Waals surface area contributed by atoms with E-state index in [1.54, 1.807) is 13.8 Å². The van der Waals surface area contributed by atoms with Crippen molar-refractivity contribution in [1.82, 2.24) is 10.2 Å². The third kappa shape index (κ3) is 8.44. The first-order valence-corrected chi connectivity index (χ1v) is 6.26. The molecule has 5 nitrogen and oxygen atoms in total. The number of hydrogen-bond donors (Lipinski definition) is 2. The molecule has 2 unspecified atom stereocenters. The molecule has 0 spiro atoms. The fourth-order valence-corrected chi connectivity index (χ4v) is 1.58. The van der Waals surface area contributed by atoms with Gasteiger partial charge < -0.3 is 20.1 Å². The monoisotopic (exact) mass is 260 g/mol. The van der Waals surface area contributed by atoms with Gasteiger partial charge >= 0.3 is 5.97 Å². The van der Waals surface area contributed by atoms with Crippen LogP contribution < -0.4 is 5.32 Å². The van der Waals surface area contributed by atoms with Crippen LogP contribution in [0.3, 0.4) is 0 Å². The van der Waals surface area contributed by atoms with Gasteiger partial charge in [0.15, 0.2) is 0 Å². The van der Waals surface area contributed by atoms with Crippen molar-refractivity contribution in [2.75, 3.05) is 27.2 Å². The van der Waals surface area contributed by atoms with Crippen LogP contribution in [0.25, 0.3) is 0 Å². The lowest BCUT2D eigenvalue weighted by Gasteiger charge is -2.29. The Morgan fingerprint density at radius 2 is 1.83 bits per heavy atom. The van der Waals surface area contributed by atoms with Crippen molar-refractivity contribution >= 4 is 5.97 Å². The highest BCUT2D eigenvalue weighted by Gasteiger charge is 2.26. The van der Waals surface area contributed by atoms with Gasteiger partial charge in [-0.2, -0.15) is 0 Å². The molecule has 2 atom stereocenters. The Morgan fingerprint density at radius 1 is 1.33 bits per heavy atom. The lowest BCUT2D eigenvalue weighted by molar-refractivity contribution is -0.157. The molecule has 0 aromatic rings. The third-order valence-corrected chi connectivity index (χ3v) is 2.21. The number of rotatable bonds is 6. The Balaban J connectivity index is 4.17. The fraction of sp³-hybridized carbons (Fsp3) is 0.923. The van der Waals surface area contributed by atoms with Crippen molar-refractivity contribution in [3.63, 3.8) is 0 Å². The number of carbonyl (C=O) groups is 1. The molecule has 0 aliphatic carbocycles. The van der Waals surface area contributed by atoms with Crippen molar-refractivity contribution in [1.29, 1.82) is 0 Å². The van der Waals surface area contributed by atoms with Gasteiger partial charge in [-0.25, -0.2) is 0 Å². The zero-order valence-electron chi connectivity index (χ0n) is 12.7. The van der Waals surface area contributed by atoms with E-state index < -0.39 is 17.2 Å². The molecule has 0 heterocycles. The van der Waals surface area contributed by atoms with E-state index in [0.717, 1.165) is 0 Å². The van der Waals surface area contributed by atoms with Crippen LogP contribution in [0.2, 0.25) is 0 Å². The summed E-state index contributed by atoms with van der Waals surface area (Å²) in [7, 11) is 3.79. The summed E-state index contributed by atoms with van der Waals surface area (Å²) in [6.07, 6.45) is 0. The number of ether oxygens (including phenoxy) is 1. The molecule has 0 aliphatic heterocycles. The van der Waals surface area contributed by atoms with E-state index in [4.69, 9.17) is 4.74 Å². The first kappa shape index (κ1) is 17.4. The second kappa shape index (κ2) is 6.50. The Hall–Kier alpha value is -0.650. The van der Waals surface area contributed by atoms with E-state index >= 15 is 0 Å². The van der Waals surface area contributed by atoms with Gasteiger partial charge in [-0.05, 0) is 48.7 Å². The number of nitrogens with one attached hydrogen (secondary N) is 1. The number of aliphatic hydroxyl groups is 1. The molecular weight excluding hydrogens is 232 g/mol. The number of esters is 1.